The van der Waals surface area contributed by atoms with Crippen molar-refractivity contribution in [3.63, 3.8) is 0 Å². The van der Waals surface area contributed by atoms with E-state index in [1.165, 1.54) is 12.8 Å². The first-order valence-corrected chi connectivity index (χ1v) is 10.4. The highest BCUT2D eigenvalue weighted by Crippen LogP contribution is 2.31. The molecule has 0 saturated carbocycles. The fourth-order valence-electron chi connectivity index (χ4n) is 4.99. The minimum Gasteiger partial charge on any atom is -0.381 e. The molecular formula is C20H32N4O2. The van der Waals surface area contributed by atoms with Crippen LogP contribution in [0.5, 0.6) is 0 Å². The number of rotatable bonds is 5. The molecule has 4 aliphatic heterocycles. The number of aromatic nitrogens is 2. The normalized spacial score (nSPS) is 27.7. The van der Waals surface area contributed by atoms with Crippen LogP contribution in [-0.2, 0) is 22.5 Å². The molecule has 26 heavy (non-hydrogen) atoms. The molecule has 2 atom stereocenters. The van der Waals surface area contributed by atoms with Crippen molar-refractivity contribution in [3.8, 4) is 0 Å². The Morgan fingerprint density at radius 2 is 2.00 bits per heavy atom. The summed E-state index contributed by atoms with van der Waals surface area (Å²) >= 11 is 0. The molecule has 1 aromatic rings. The van der Waals surface area contributed by atoms with E-state index in [-0.39, 0.29) is 0 Å². The number of aryl methyl sites for hydroxylation is 2. The summed E-state index contributed by atoms with van der Waals surface area (Å²) in [5.41, 5.74) is 0. The van der Waals surface area contributed by atoms with Crippen molar-refractivity contribution in [2.24, 2.45) is 5.92 Å². The maximum Gasteiger partial charge on any atom is 0.224 e. The Hall–Kier alpha value is -1.40. The van der Waals surface area contributed by atoms with E-state index in [9.17, 15) is 4.79 Å². The van der Waals surface area contributed by atoms with Crippen LogP contribution in [0.1, 0.15) is 44.9 Å². The van der Waals surface area contributed by atoms with Crippen molar-refractivity contribution in [2.75, 3.05) is 32.8 Å². The number of hydrogen-bond donors (Lipinski definition) is 0. The number of nitrogens with zero attached hydrogens (tertiary/aromatic N) is 4. The van der Waals surface area contributed by atoms with Crippen LogP contribution in [0, 0.1) is 5.92 Å². The summed E-state index contributed by atoms with van der Waals surface area (Å²) in [6, 6.07) is 1.05. The summed E-state index contributed by atoms with van der Waals surface area (Å²) in [7, 11) is 0. The molecule has 144 valence electrons. The molecule has 0 unspecified atom stereocenters. The molecule has 4 fully saturated rings. The van der Waals surface area contributed by atoms with Gasteiger partial charge in [0.05, 0.1) is 0 Å². The van der Waals surface area contributed by atoms with Crippen LogP contribution in [0.15, 0.2) is 12.4 Å². The van der Waals surface area contributed by atoms with Crippen molar-refractivity contribution in [1.29, 1.82) is 0 Å². The van der Waals surface area contributed by atoms with Crippen LogP contribution in [0.4, 0.5) is 0 Å². The SMILES string of the molecule is CCc1nccn1CCC(=O)N1C[C@H]2CC[C@@H]1CN(C1CCOCC1)C2. The van der Waals surface area contributed by atoms with Gasteiger partial charge in [-0.05, 0) is 31.6 Å². The second-order valence-corrected chi connectivity index (χ2v) is 8.08. The summed E-state index contributed by atoms with van der Waals surface area (Å²) < 4.78 is 7.67. The van der Waals surface area contributed by atoms with Crippen LogP contribution in [0.2, 0.25) is 0 Å². The molecule has 4 saturated heterocycles. The molecule has 0 aliphatic carbocycles. The molecule has 6 nitrogen and oxygen atoms in total. The van der Waals surface area contributed by atoms with Crippen LogP contribution in [-0.4, -0.2) is 70.2 Å². The van der Waals surface area contributed by atoms with Gasteiger partial charge in [0.25, 0.3) is 0 Å². The first kappa shape index (κ1) is 18.0. The zero-order valence-corrected chi connectivity index (χ0v) is 16.0. The maximum absolute atomic E-state index is 13.0. The van der Waals surface area contributed by atoms with Gasteiger partial charge >= 0.3 is 0 Å². The van der Waals surface area contributed by atoms with Crippen molar-refractivity contribution in [1.82, 2.24) is 19.4 Å². The maximum atomic E-state index is 13.0. The van der Waals surface area contributed by atoms with E-state index in [0.29, 0.717) is 30.3 Å². The molecule has 2 bridgehead atoms. The molecule has 4 aliphatic rings. The molecule has 5 heterocycles. The van der Waals surface area contributed by atoms with Gasteiger partial charge in [-0.1, -0.05) is 6.92 Å². The quantitative estimate of drug-likeness (QED) is 0.805. The predicted molar refractivity (Wildman–Crippen MR) is 99.9 cm³/mol. The lowest BCUT2D eigenvalue weighted by atomic mass is 9.94. The van der Waals surface area contributed by atoms with E-state index >= 15 is 0 Å². The summed E-state index contributed by atoms with van der Waals surface area (Å²) in [5.74, 6) is 2.03. The third-order valence-electron chi connectivity index (χ3n) is 6.45. The van der Waals surface area contributed by atoms with Crippen molar-refractivity contribution < 1.29 is 9.53 Å². The number of carbonyl (C=O) groups excluding carboxylic acids is 1. The third-order valence-corrected chi connectivity index (χ3v) is 6.45. The molecule has 0 radical (unpaired) electrons. The fourth-order valence-corrected chi connectivity index (χ4v) is 4.99. The molecule has 5 rings (SSSR count). The molecule has 1 aromatic heterocycles. The van der Waals surface area contributed by atoms with E-state index < -0.39 is 0 Å². The summed E-state index contributed by atoms with van der Waals surface area (Å²) in [4.78, 5) is 22.2. The molecule has 0 N–H and O–H groups in total. The smallest absolute Gasteiger partial charge is 0.224 e. The summed E-state index contributed by atoms with van der Waals surface area (Å²) in [6.45, 7) is 7.81. The van der Waals surface area contributed by atoms with Crippen LogP contribution < -0.4 is 0 Å². The van der Waals surface area contributed by atoms with E-state index in [1.807, 2.05) is 12.4 Å². The summed E-state index contributed by atoms with van der Waals surface area (Å²) in [6.07, 6.45) is 10.1. The van der Waals surface area contributed by atoms with E-state index in [1.54, 1.807) is 0 Å². The number of fused-ring (bicyclic) bond motifs is 4. The molecule has 0 aromatic carbocycles. The number of ether oxygens (including phenoxy) is 1. The van der Waals surface area contributed by atoms with Gasteiger partial charge in [0.2, 0.25) is 5.91 Å². The topological polar surface area (TPSA) is 50.6 Å². The van der Waals surface area contributed by atoms with Gasteiger partial charge in [0, 0.05) is 76.7 Å². The van der Waals surface area contributed by atoms with E-state index in [2.05, 4.69) is 26.3 Å². The van der Waals surface area contributed by atoms with Crippen molar-refractivity contribution >= 4 is 5.91 Å². The third kappa shape index (κ3) is 3.81. The highest BCUT2D eigenvalue weighted by Gasteiger charge is 2.39. The van der Waals surface area contributed by atoms with Gasteiger partial charge in [-0.15, -0.1) is 0 Å². The monoisotopic (exact) mass is 360 g/mol. The van der Waals surface area contributed by atoms with Gasteiger partial charge in [0.15, 0.2) is 0 Å². The number of piperidine rings is 1. The highest BCUT2D eigenvalue weighted by atomic mass is 16.5. The van der Waals surface area contributed by atoms with Gasteiger partial charge in [0.1, 0.15) is 5.82 Å². The van der Waals surface area contributed by atoms with Crippen LogP contribution >= 0.6 is 0 Å². The Balaban J connectivity index is 1.37. The molecular weight excluding hydrogens is 328 g/mol. The zero-order valence-electron chi connectivity index (χ0n) is 16.0. The lowest BCUT2D eigenvalue weighted by Gasteiger charge is -2.37. The van der Waals surface area contributed by atoms with Crippen molar-refractivity contribution in [2.45, 2.75) is 64.1 Å². The largest absolute Gasteiger partial charge is 0.381 e. The Morgan fingerprint density at radius 3 is 2.81 bits per heavy atom. The Labute approximate surface area is 156 Å². The lowest BCUT2D eigenvalue weighted by Crippen LogP contribution is -2.48. The minimum absolute atomic E-state index is 0.323. The summed E-state index contributed by atoms with van der Waals surface area (Å²) in [5, 5.41) is 0. The Kier molecular flexibility index (Phi) is 5.60. The van der Waals surface area contributed by atoms with Crippen LogP contribution in [0.25, 0.3) is 0 Å². The number of amides is 1. The van der Waals surface area contributed by atoms with Crippen molar-refractivity contribution in [3.05, 3.63) is 18.2 Å². The standard InChI is InChI=1S/C20H32N4O2/c1-2-19-21-8-10-22(19)9-5-20(25)24-14-16-3-4-18(24)15-23(13-16)17-6-11-26-12-7-17/h8,10,16-18H,2-7,9,11-15H2,1H3/t16-,18+/m0/s1. The van der Waals surface area contributed by atoms with Gasteiger partial charge in [-0.2, -0.15) is 0 Å². The number of carbonyl (C=O) groups is 1. The highest BCUT2D eigenvalue weighted by molar-refractivity contribution is 5.76. The average molecular weight is 361 g/mol. The van der Waals surface area contributed by atoms with Gasteiger partial charge in [-0.25, -0.2) is 4.98 Å². The second kappa shape index (κ2) is 8.09. The minimum atomic E-state index is 0.323. The fraction of sp³-hybridized carbons (Fsp3) is 0.800. The van der Waals surface area contributed by atoms with E-state index in [0.717, 1.165) is 64.5 Å². The van der Waals surface area contributed by atoms with Gasteiger partial charge in [-0.3, -0.25) is 9.69 Å². The van der Waals surface area contributed by atoms with Gasteiger partial charge < -0.3 is 14.2 Å². The zero-order chi connectivity index (χ0) is 17.9. The Bertz CT molecular complexity index is 611. The Morgan fingerprint density at radius 1 is 1.15 bits per heavy atom. The predicted octanol–water partition coefficient (Wildman–Crippen LogP) is 1.94. The first-order chi connectivity index (χ1) is 12.7. The molecule has 0 spiro atoms. The second-order valence-electron chi connectivity index (χ2n) is 8.08. The lowest BCUT2D eigenvalue weighted by molar-refractivity contribution is -0.135. The van der Waals surface area contributed by atoms with E-state index in [4.69, 9.17) is 4.74 Å². The molecule has 6 heteroatoms. The van der Waals surface area contributed by atoms with Crippen LogP contribution in [0.3, 0.4) is 0 Å². The molecule has 1 amide bonds. The average Bonchev–Trinajstić information content (AvgIpc) is 2.94. The number of imidazole rings is 1. The number of hydrogen-bond acceptors (Lipinski definition) is 4. The first-order valence-electron chi connectivity index (χ1n) is 10.4.